The number of nitrogens with two attached hydrogens (primary N) is 1. The summed E-state index contributed by atoms with van der Waals surface area (Å²) in [6.45, 7) is 0. The molecule has 1 rings (SSSR count). The predicted octanol–water partition coefficient (Wildman–Crippen LogP) is 0.517. The SMILES string of the molecule is NC(=O)C(F)(F)C1CC1. The highest BCUT2D eigenvalue weighted by Crippen LogP contribution is 2.42. The van der Waals surface area contributed by atoms with Crippen molar-refractivity contribution in [1.29, 1.82) is 0 Å². The molecule has 9 heavy (non-hydrogen) atoms. The van der Waals surface area contributed by atoms with Gasteiger partial charge < -0.3 is 5.73 Å². The van der Waals surface area contributed by atoms with Crippen molar-refractivity contribution in [3.8, 4) is 0 Å². The van der Waals surface area contributed by atoms with Crippen LogP contribution in [0.1, 0.15) is 12.8 Å². The van der Waals surface area contributed by atoms with Crippen LogP contribution in [0.5, 0.6) is 0 Å². The van der Waals surface area contributed by atoms with E-state index in [1.54, 1.807) is 0 Å². The minimum absolute atomic E-state index is 0.427. The number of hydrogen-bond acceptors (Lipinski definition) is 1. The van der Waals surface area contributed by atoms with E-state index in [2.05, 4.69) is 5.73 Å². The number of amides is 1. The quantitative estimate of drug-likeness (QED) is 0.589. The lowest BCUT2D eigenvalue weighted by Gasteiger charge is -2.08. The zero-order valence-electron chi connectivity index (χ0n) is 4.73. The van der Waals surface area contributed by atoms with Crippen LogP contribution in [0.15, 0.2) is 0 Å². The molecule has 1 amide bonds. The molecule has 4 heteroatoms. The molecular weight excluding hydrogens is 128 g/mol. The van der Waals surface area contributed by atoms with Gasteiger partial charge in [-0.05, 0) is 12.8 Å². The van der Waals surface area contributed by atoms with Crippen LogP contribution in [0.4, 0.5) is 8.78 Å². The van der Waals surface area contributed by atoms with E-state index in [0.29, 0.717) is 12.8 Å². The summed E-state index contributed by atoms with van der Waals surface area (Å²) in [5.74, 6) is -5.51. The van der Waals surface area contributed by atoms with Crippen LogP contribution in [0.2, 0.25) is 0 Å². The van der Waals surface area contributed by atoms with Crippen LogP contribution in [0, 0.1) is 5.92 Å². The third-order valence-electron chi connectivity index (χ3n) is 1.42. The lowest BCUT2D eigenvalue weighted by molar-refractivity contribution is -0.144. The van der Waals surface area contributed by atoms with Crippen molar-refractivity contribution in [2.45, 2.75) is 18.8 Å². The molecule has 2 N–H and O–H groups in total. The minimum Gasteiger partial charge on any atom is -0.364 e. The van der Waals surface area contributed by atoms with Crippen LogP contribution in [0.25, 0.3) is 0 Å². The van der Waals surface area contributed by atoms with E-state index in [1.807, 2.05) is 0 Å². The molecule has 0 aliphatic heterocycles. The van der Waals surface area contributed by atoms with Crippen molar-refractivity contribution in [1.82, 2.24) is 0 Å². The highest BCUT2D eigenvalue weighted by atomic mass is 19.3. The number of hydrogen-bond donors (Lipinski definition) is 1. The second-order valence-corrected chi connectivity index (χ2v) is 2.26. The third kappa shape index (κ3) is 1.01. The summed E-state index contributed by atoms with van der Waals surface area (Å²) in [5.41, 5.74) is 4.42. The van der Waals surface area contributed by atoms with E-state index in [-0.39, 0.29) is 0 Å². The second kappa shape index (κ2) is 1.65. The molecular formula is C5H7F2NO. The van der Waals surface area contributed by atoms with Crippen molar-refractivity contribution in [3.63, 3.8) is 0 Å². The van der Waals surface area contributed by atoms with Crippen LogP contribution >= 0.6 is 0 Å². The first-order valence-corrected chi connectivity index (χ1v) is 2.73. The fourth-order valence-corrected chi connectivity index (χ4v) is 0.647. The number of halogens is 2. The molecule has 0 bridgehead atoms. The lowest BCUT2D eigenvalue weighted by Crippen LogP contribution is -2.37. The molecule has 1 saturated carbocycles. The summed E-state index contributed by atoms with van der Waals surface area (Å²) < 4.78 is 24.5. The van der Waals surface area contributed by atoms with Gasteiger partial charge in [-0.1, -0.05) is 0 Å². The van der Waals surface area contributed by atoms with E-state index in [0.717, 1.165) is 0 Å². The van der Waals surface area contributed by atoms with Gasteiger partial charge in [0.15, 0.2) is 0 Å². The van der Waals surface area contributed by atoms with Crippen LogP contribution in [-0.4, -0.2) is 11.8 Å². The number of primary amides is 1. The number of carbonyl (C=O) groups is 1. The second-order valence-electron chi connectivity index (χ2n) is 2.26. The first-order valence-electron chi connectivity index (χ1n) is 2.73. The Bertz CT molecular complexity index is 142. The molecule has 1 aliphatic rings. The lowest BCUT2D eigenvalue weighted by atomic mass is 10.2. The molecule has 0 saturated heterocycles. The van der Waals surface area contributed by atoms with Gasteiger partial charge in [-0.2, -0.15) is 8.78 Å². The fourth-order valence-electron chi connectivity index (χ4n) is 0.647. The van der Waals surface area contributed by atoms with Crippen LogP contribution in [0.3, 0.4) is 0 Å². The Morgan fingerprint density at radius 1 is 1.56 bits per heavy atom. The van der Waals surface area contributed by atoms with Crippen LogP contribution in [-0.2, 0) is 4.79 Å². The normalized spacial score (nSPS) is 19.8. The Morgan fingerprint density at radius 2 is 2.00 bits per heavy atom. The van der Waals surface area contributed by atoms with Gasteiger partial charge in [-0.15, -0.1) is 0 Å². The molecule has 0 aromatic carbocycles. The summed E-state index contributed by atoms with van der Waals surface area (Å²) in [6.07, 6.45) is 0.853. The topological polar surface area (TPSA) is 43.1 Å². The number of alkyl halides is 2. The van der Waals surface area contributed by atoms with Gasteiger partial charge in [0.2, 0.25) is 0 Å². The molecule has 1 aliphatic carbocycles. The van der Waals surface area contributed by atoms with Gasteiger partial charge in [-0.25, -0.2) is 0 Å². The predicted molar refractivity (Wildman–Crippen MR) is 26.9 cm³/mol. The summed E-state index contributed by atoms with van der Waals surface area (Å²) in [5, 5.41) is 0. The van der Waals surface area contributed by atoms with Gasteiger partial charge in [0.1, 0.15) is 0 Å². The Hall–Kier alpha value is -0.670. The van der Waals surface area contributed by atoms with Gasteiger partial charge in [0.05, 0.1) is 0 Å². The Kier molecular flexibility index (Phi) is 1.18. The first-order chi connectivity index (χ1) is 4.05. The molecule has 0 unspecified atom stereocenters. The summed E-state index contributed by atoms with van der Waals surface area (Å²) in [6, 6.07) is 0. The fraction of sp³-hybridized carbons (Fsp3) is 0.800. The Morgan fingerprint density at radius 3 is 2.11 bits per heavy atom. The van der Waals surface area contributed by atoms with E-state index >= 15 is 0 Å². The molecule has 2 nitrogen and oxygen atoms in total. The molecule has 0 aromatic rings. The van der Waals surface area contributed by atoms with E-state index in [9.17, 15) is 13.6 Å². The molecule has 1 fully saturated rings. The summed E-state index contributed by atoms with van der Waals surface area (Å²) in [4.78, 5) is 9.97. The Balaban J connectivity index is 2.59. The van der Waals surface area contributed by atoms with E-state index in [1.165, 1.54) is 0 Å². The first kappa shape index (κ1) is 6.45. The average Bonchev–Trinajstić information content (AvgIpc) is 2.42. The monoisotopic (exact) mass is 135 g/mol. The molecule has 0 heterocycles. The van der Waals surface area contributed by atoms with Crippen molar-refractivity contribution < 1.29 is 13.6 Å². The number of carbonyl (C=O) groups excluding carboxylic acids is 1. The highest BCUT2D eigenvalue weighted by molar-refractivity contribution is 5.82. The highest BCUT2D eigenvalue weighted by Gasteiger charge is 2.51. The average molecular weight is 135 g/mol. The maximum atomic E-state index is 12.3. The molecule has 0 spiro atoms. The van der Waals surface area contributed by atoms with Gasteiger partial charge in [0, 0.05) is 5.92 Å². The van der Waals surface area contributed by atoms with Crippen molar-refractivity contribution in [2.75, 3.05) is 0 Å². The zero-order chi connectivity index (χ0) is 7.07. The van der Waals surface area contributed by atoms with E-state index < -0.39 is 17.7 Å². The maximum absolute atomic E-state index is 12.3. The molecule has 0 aromatic heterocycles. The largest absolute Gasteiger partial charge is 0.364 e. The molecule has 0 radical (unpaired) electrons. The van der Waals surface area contributed by atoms with Gasteiger partial charge >= 0.3 is 5.92 Å². The van der Waals surface area contributed by atoms with Gasteiger partial charge in [0.25, 0.3) is 5.91 Å². The smallest absolute Gasteiger partial charge is 0.327 e. The maximum Gasteiger partial charge on any atom is 0.327 e. The van der Waals surface area contributed by atoms with Crippen LogP contribution < -0.4 is 5.73 Å². The number of rotatable bonds is 2. The summed E-state index contributed by atoms with van der Waals surface area (Å²) in [7, 11) is 0. The molecule has 0 atom stereocenters. The standard InChI is InChI=1S/C5H7F2NO/c6-5(7,4(8)9)3-1-2-3/h3H,1-2H2,(H2,8,9). The van der Waals surface area contributed by atoms with Crippen molar-refractivity contribution in [3.05, 3.63) is 0 Å². The van der Waals surface area contributed by atoms with E-state index in [4.69, 9.17) is 0 Å². The zero-order valence-corrected chi connectivity index (χ0v) is 4.73. The minimum atomic E-state index is -3.25. The third-order valence-corrected chi connectivity index (χ3v) is 1.42. The van der Waals surface area contributed by atoms with Crippen molar-refractivity contribution >= 4 is 5.91 Å². The van der Waals surface area contributed by atoms with Gasteiger partial charge in [-0.3, -0.25) is 4.79 Å². The Labute approximate surface area is 51.0 Å². The summed E-state index contributed by atoms with van der Waals surface area (Å²) >= 11 is 0. The van der Waals surface area contributed by atoms with Crippen molar-refractivity contribution in [2.24, 2.45) is 11.7 Å². The molecule has 52 valence electrons.